The van der Waals surface area contributed by atoms with Crippen LogP contribution in [-0.4, -0.2) is 56.7 Å². The molecule has 0 saturated heterocycles. The summed E-state index contributed by atoms with van der Waals surface area (Å²) in [4.78, 5) is 16.3. The van der Waals surface area contributed by atoms with E-state index in [0.717, 1.165) is 25.0 Å². The summed E-state index contributed by atoms with van der Waals surface area (Å²) >= 11 is 0. The number of aromatic amines is 1. The van der Waals surface area contributed by atoms with Crippen LogP contribution in [0.15, 0.2) is 24.5 Å². The van der Waals surface area contributed by atoms with E-state index in [9.17, 15) is 13.2 Å². The minimum atomic E-state index is -3.26. The Morgan fingerprint density at radius 2 is 2.06 bits per heavy atom. The van der Waals surface area contributed by atoms with E-state index in [1.807, 2.05) is 19.9 Å². The molecule has 0 aliphatic heterocycles. The van der Waals surface area contributed by atoms with Crippen LogP contribution in [0.4, 0.5) is 16.4 Å². The van der Waals surface area contributed by atoms with Crippen molar-refractivity contribution in [2.24, 2.45) is 0 Å². The molecule has 0 bridgehead atoms. The quantitative estimate of drug-likeness (QED) is 0.437. The summed E-state index contributed by atoms with van der Waals surface area (Å²) in [7, 11) is -3.26. The van der Waals surface area contributed by atoms with Gasteiger partial charge in [-0.05, 0) is 53.0 Å². The second-order valence-electron chi connectivity index (χ2n) is 9.27. The summed E-state index contributed by atoms with van der Waals surface area (Å²) < 4.78 is 31.7. The monoisotopic (exact) mass is 489 g/mol. The number of carbonyl (C=O) groups is 1. The number of nitrogens with one attached hydrogen (secondary N) is 3. The van der Waals surface area contributed by atoms with E-state index >= 15 is 0 Å². The van der Waals surface area contributed by atoms with Crippen LogP contribution in [0.3, 0.4) is 0 Å². The first-order valence-electron chi connectivity index (χ1n) is 11.4. The molecule has 3 heterocycles. The first kappa shape index (κ1) is 24.0. The van der Waals surface area contributed by atoms with E-state index in [4.69, 9.17) is 4.74 Å². The number of fused-ring (bicyclic) bond motifs is 1. The molecule has 3 aromatic heterocycles. The zero-order valence-electron chi connectivity index (χ0n) is 19.8. The highest BCUT2D eigenvalue weighted by molar-refractivity contribution is 7.91. The van der Waals surface area contributed by atoms with Crippen molar-refractivity contribution in [1.82, 2.24) is 30.1 Å². The molecule has 1 fully saturated rings. The number of alkyl carbamates (subject to hydrolysis) is 1. The molecule has 1 amide bonds. The van der Waals surface area contributed by atoms with Crippen LogP contribution in [-0.2, 0) is 20.3 Å². The average Bonchev–Trinajstić information content (AvgIpc) is 3.46. The van der Waals surface area contributed by atoms with E-state index in [1.54, 1.807) is 36.8 Å². The van der Waals surface area contributed by atoms with Gasteiger partial charge in [-0.1, -0.05) is 0 Å². The lowest BCUT2D eigenvalue weighted by atomic mass is 10.0. The van der Waals surface area contributed by atoms with Gasteiger partial charge in [-0.3, -0.25) is 5.10 Å². The number of aromatic nitrogens is 5. The van der Waals surface area contributed by atoms with Gasteiger partial charge in [0.05, 0.1) is 16.7 Å². The summed E-state index contributed by atoms with van der Waals surface area (Å²) in [5.74, 6) is 1.21. The van der Waals surface area contributed by atoms with Gasteiger partial charge in [0.2, 0.25) is 0 Å². The van der Waals surface area contributed by atoms with Crippen molar-refractivity contribution in [2.45, 2.75) is 76.0 Å². The number of anilines is 2. The van der Waals surface area contributed by atoms with Gasteiger partial charge in [0, 0.05) is 36.1 Å². The Hall–Kier alpha value is -3.15. The molecular weight excluding hydrogens is 458 g/mol. The Kier molecular flexibility index (Phi) is 6.78. The number of ether oxygens (including phenoxy) is 1. The van der Waals surface area contributed by atoms with Gasteiger partial charge in [-0.15, -0.1) is 0 Å². The topological polar surface area (TPSA) is 143 Å². The highest BCUT2D eigenvalue weighted by Gasteiger charge is 2.30. The maximum atomic E-state index is 12.3. The standard InChI is InChI=1S/C22H31N7O4S/c1-13(2)24-22(30)33-17-6-5-15(9-17)18-11-20(27-26-18)25-21-19-10-16(12-34(31,32)14(3)4)28-29(19)8-7-23-21/h7-8,10-11,13-15,17H,5-6,9,12H2,1-4H3,(H,24,30)(H2,23,25,26,27). The van der Waals surface area contributed by atoms with Crippen LogP contribution >= 0.6 is 0 Å². The van der Waals surface area contributed by atoms with E-state index in [-0.39, 0.29) is 29.9 Å². The second-order valence-corrected chi connectivity index (χ2v) is 11.8. The SMILES string of the molecule is CC(C)NC(=O)OC1CCC(c2cc(Nc3nccn4nc(CS(=O)(=O)C(C)C)cc34)n[nH]2)C1. The largest absolute Gasteiger partial charge is 0.446 e. The Balaban J connectivity index is 1.43. The minimum Gasteiger partial charge on any atom is -0.446 e. The molecular formula is C22H31N7O4S. The zero-order valence-corrected chi connectivity index (χ0v) is 20.6. The zero-order chi connectivity index (χ0) is 24.5. The third-order valence-corrected chi connectivity index (χ3v) is 7.99. The number of hydrogen-bond acceptors (Lipinski definition) is 8. The third-order valence-electron chi connectivity index (χ3n) is 5.86. The predicted octanol–water partition coefficient (Wildman–Crippen LogP) is 3.29. The number of amides is 1. The van der Waals surface area contributed by atoms with Crippen molar-refractivity contribution in [2.75, 3.05) is 5.32 Å². The van der Waals surface area contributed by atoms with E-state index in [0.29, 0.717) is 22.8 Å². The molecule has 184 valence electrons. The number of rotatable bonds is 8. The van der Waals surface area contributed by atoms with E-state index < -0.39 is 15.1 Å². The maximum Gasteiger partial charge on any atom is 0.407 e. The number of nitrogens with zero attached hydrogens (tertiary/aromatic N) is 4. The third kappa shape index (κ3) is 5.49. The molecule has 1 aliphatic rings. The lowest BCUT2D eigenvalue weighted by Crippen LogP contribution is -2.33. The normalized spacial score (nSPS) is 18.6. The highest BCUT2D eigenvalue weighted by Crippen LogP contribution is 2.36. The molecule has 0 spiro atoms. The van der Waals surface area contributed by atoms with Gasteiger partial charge >= 0.3 is 6.09 Å². The van der Waals surface area contributed by atoms with Gasteiger partial charge in [0.25, 0.3) is 0 Å². The smallest absolute Gasteiger partial charge is 0.407 e. The first-order chi connectivity index (χ1) is 16.1. The number of H-pyrrole nitrogens is 1. The fourth-order valence-electron chi connectivity index (χ4n) is 3.99. The van der Waals surface area contributed by atoms with E-state index in [2.05, 4.69) is 30.9 Å². The molecule has 1 saturated carbocycles. The van der Waals surface area contributed by atoms with Crippen molar-refractivity contribution in [3.05, 3.63) is 35.9 Å². The van der Waals surface area contributed by atoms with Crippen molar-refractivity contribution in [3.8, 4) is 0 Å². The Bertz CT molecular complexity index is 1270. The van der Waals surface area contributed by atoms with Gasteiger partial charge in [-0.2, -0.15) is 10.2 Å². The molecule has 11 nitrogen and oxygen atoms in total. The molecule has 4 rings (SSSR count). The molecule has 3 aromatic rings. The maximum absolute atomic E-state index is 12.3. The highest BCUT2D eigenvalue weighted by atomic mass is 32.2. The lowest BCUT2D eigenvalue weighted by Gasteiger charge is -2.14. The molecule has 12 heteroatoms. The summed E-state index contributed by atoms with van der Waals surface area (Å²) in [5, 5.41) is 17.3. The number of sulfone groups is 1. The van der Waals surface area contributed by atoms with Crippen molar-refractivity contribution in [1.29, 1.82) is 0 Å². The first-order valence-corrected chi connectivity index (χ1v) is 13.2. The lowest BCUT2D eigenvalue weighted by molar-refractivity contribution is 0.0981. The van der Waals surface area contributed by atoms with Crippen LogP contribution < -0.4 is 10.6 Å². The molecule has 0 radical (unpaired) electrons. The summed E-state index contributed by atoms with van der Waals surface area (Å²) in [5.41, 5.74) is 2.08. The van der Waals surface area contributed by atoms with Crippen LogP contribution in [0, 0.1) is 0 Å². The molecule has 0 aromatic carbocycles. The predicted molar refractivity (Wildman–Crippen MR) is 128 cm³/mol. The Morgan fingerprint density at radius 3 is 2.79 bits per heavy atom. The van der Waals surface area contributed by atoms with Crippen LogP contribution in [0.1, 0.15) is 64.3 Å². The van der Waals surface area contributed by atoms with Crippen LogP contribution in [0.25, 0.3) is 5.52 Å². The minimum absolute atomic E-state index is 0.0375. The Labute approximate surface area is 198 Å². The molecule has 2 atom stereocenters. The molecule has 34 heavy (non-hydrogen) atoms. The van der Waals surface area contributed by atoms with Crippen LogP contribution in [0.2, 0.25) is 0 Å². The van der Waals surface area contributed by atoms with Crippen LogP contribution in [0.5, 0.6) is 0 Å². The average molecular weight is 490 g/mol. The van der Waals surface area contributed by atoms with Gasteiger partial charge in [0.15, 0.2) is 21.5 Å². The molecule has 3 N–H and O–H groups in total. The number of carbonyl (C=O) groups excluding carboxylic acids is 1. The van der Waals surface area contributed by atoms with Crippen molar-refractivity contribution < 1.29 is 17.9 Å². The van der Waals surface area contributed by atoms with Crippen molar-refractivity contribution in [3.63, 3.8) is 0 Å². The van der Waals surface area contributed by atoms with E-state index in [1.165, 1.54) is 0 Å². The van der Waals surface area contributed by atoms with Crippen molar-refractivity contribution >= 4 is 33.1 Å². The summed E-state index contributed by atoms with van der Waals surface area (Å²) in [6.07, 6.45) is 5.20. The van der Waals surface area contributed by atoms with Gasteiger partial charge in [0.1, 0.15) is 11.6 Å². The number of hydrogen-bond donors (Lipinski definition) is 3. The molecule has 1 aliphatic carbocycles. The van der Waals surface area contributed by atoms with Gasteiger partial charge in [-0.25, -0.2) is 22.7 Å². The fraction of sp³-hybridized carbons (Fsp3) is 0.545. The van der Waals surface area contributed by atoms with Gasteiger partial charge < -0.3 is 15.4 Å². The second kappa shape index (κ2) is 9.61. The summed E-state index contributed by atoms with van der Waals surface area (Å²) in [6, 6.07) is 3.69. The fourth-order valence-corrected chi connectivity index (χ4v) is 4.88. The Morgan fingerprint density at radius 1 is 1.26 bits per heavy atom. The summed E-state index contributed by atoms with van der Waals surface area (Å²) in [6.45, 7) is 7.11. The molecule has 2 unspecified atom stereocenters.